The molecule has 35 nitrogen and oxygen atoms in total. The Hall–Kier alpha value is -2.66. The molecule has 93 heavy (non-hydrogen) atoms. The van der Waals surface area contributed by atoms with E-state index in [1.54, 1.807) is 12.2 Å². The zero-order chi connectivity index (χ0) is 68.3. The first-order chi connectivity index (χ1) is 44.3. The molecule has 538 valence electrons. The number of aliphatic hydroxyl groups is 20. The van der Waals surface area contributed by atoms with Gasteiger partial charge in [-0.15, -0.1) is 0 Å². The van der Waals surface area contributed by atoms with Crippen molar-refractivity contribution >= 4 is 11.8 Å². The Morgan fingerprint density at radius 2 is 0.763 bits per heavy atom. The number of ether oxygens (including phenoxy) is 12. The van der Waals surface area contributed by atoms with E-state index >= 15 is 0 Å². The van der Waals surface area contributed by atoms with Gasteiger partial charge < -0.3 is 164 Å². The molecule has 23 fully saturated rings. The molecule has 0 aromatic rings. The fourth-order valence-corrected chi connectivity index (χ4v) is 12.7. The third kappa shape index (κ3) is 18.6. The number of aliphatic hydroxyl groups excluding tert-OH is 20. The zero-order valence-electron chi connectivity index (χ0n) is 51.2. The van der Waals surface area contributed by atoms with E-state index in [9.17, 15) is 112 Å². The van der Waals surface area contributed by atoms with Crippen LogP contribution in [0.2, 0.25) is 0 Å². The Labute approximate surface area is 533 Å². The Morgan fingerprint density at radius 1 is 0.462 bits per heavy atom. The molecule has 1 unspecified atom stereocenters. The van der Waals surface area contributed by atoms with Crippen LogP contribution < -0.4 is 0 Å². The molecule has 12 bridgehead atoms. The monoisotopic (exact) mass is 1350 g/mol. The molecule has 1 saturated carbocycles. The number of carboxylic acid groups (broad SMARTS) is 1. The molecule has 0 aromatic carbocycles. The van der Waals surface area contributed by atoms with Crippen molar-refractivity contribution in [3.05, 3.63) is 24.3 Å². The van der Waals surface area contributed by atoms with Crippen molar-refractivity contribution in [2.75, 3.05) is 39.6 Å². The van der Waals surface area contributed by atoms with Crippen LogP contribution in [0.4, 0.5) is 0 Å². The van der Waals surface area contributed by atoms with Crippen LogP contribution in [0, 0.1) is 17.8 Å². The van der Waals surface area contributed by atoms with Crippen molar-refractivity contribution in [1.29, 1.82) is 0 Å². The number of carbonyl (C=O) groups excluding carboxylic acids is 1. The minimum absolute atomic E-state index is 0.0871. The maximum absolute atomic E-state index is 12.2. The summed E-state index contributed by atoms with van der Waals surface area (Å²) in [5, 5.41) is 225. The minimum atomic E-state index is -2.15. The summed E-state index contributed by atoms with van der Waals surface area (Å²) in [4.78, 5) is 22.6. The van der Waals surface area contributed by atoms with Crippen molar-refractivity contribution in [2.45, 2.75) is 268 Å². The van der Waals surface area contributed by atoms with Crippen molar-refractivity contribution in [2.24, 2.45) is 17.8 Å². The average Bonchev–Trinajstić information content (AvgIpc) is 1.45. The summed E-state index contributed by atoms with van der Waals surface area (Å²) in [6.07, 6.45) is -46.0. The van der Waals surface area contributed by atoms with E-state index in [0.29, 0.717) is 25.2 Å². The molecule has 23 aliphatic rings. The summed E-state index contributed by atoms with van der Waals surface area (Å²) in [6, 6.07) is 0. The summed E-state index contributed by atoms with van der Waals surface area (Å²) in [5.41, 5.74) is 0. The molecule has 0 spiro atoms. The SMILES string of the molecule is CCCC[C@H](C)C[C@H](O)/C=C/[C@H]1[C@H](O)CC(=O)[C@@H]1CCCC/C=C/C(=O)O.OC[C@H]1O[C@@H]2O[C@H]3[C@H](O)[C@@H](O)[C@@H](O[C@H]4[C@H](O)[C@@H](O)[C@@H](O[C@H]5[C@H](O)[C@@H](O)[C@@H](O[C@H]6[C@H](O)[C@@H](O)[C@@H](O[C@H]7[C@H](O)[C@@H](O)[C@@H](OC1[C@H](O)[C@H]2O)O[C@@H]7CO)O[C@@H]6CO)O[C@@H]5CO)O[C@@H]4CO)O[C@@H]3CO. The third-order valence-corrected chi connectivity index (χ3v) is 18.1. The van der Waals surface area contributed by atoms with Crippen molar-refractivity contribution in [3.8, 4) is 0 Å². The number of aliphatic carboxylic acids is 1. The van der Waals surface area contributed by atoms with Gasteiger partial charge in [-0.05, 0) is 31.6 Å². The minimum Gasteiger partial charge on any atom is -0.478 e. The van der Waals surface area contributed by atoms with Crippen LogP contribution in [-0.4, -0.2) is 355 Å². The van der Waals surface area contributed by atoms with Gasteiger partial charge >= 0.3 is 5.97 Å². The maximum Gasteiger partial charge on any atom is 0.327 e. The maximum atomic E-state index is 12.2. The molecule has 22 aliphatic heterocycles. The Kier molecular flexibility index (Phi) is 30.0. The quantitative estimate of drug-likeness (QED) is 0.0324. The number of unbranched alkanes of at least 4 members (excludes halogenated alkanes) is 3. The summed E-state index contributed by atoms with van der Waals surface area (Å²) in [7, 11) is 0. The number of hydrogen-bond acceptors (Lipinski definition) is 34. The second-order valence-electron chi connectivity index (χ2n) is 24.7. The lowest BCUT2D eigenvalue weighted by Gasteiger charge is -2.50. The molecule has 0 radical (unpaired) electrons. The number of hydrogen-bond donors (Lipinski definition) is 21. The highest BCUT2D eigenvalue weighted by Crippen LogP contribution is 2.39. The van der Waals surface area contributed by atoms with Crippen LogP contribution in [0.1, 0.15) is 71.6 Å². The molecule has 35 atom stereocenters. The number of Topliss-reactive ketones (excluding diaryl/α,β-unsaturated/α-hetero) is 1. The number of rotatable bonds is 19. The fourth-order valence-electron chi connectivity index (χ4n) is 12.7. The van der Waals surface area contributed by atoms with Gasteiger partial charge in [-0.25, -0.2) is 4.79 Å². The first-order valence-corrected chi connectivity index (χ1v) is 31.4. The van der Waals surface area contributed by atoms with Gasteiger partial charge in [0.2, 0.25) is 0 Å². The molecular weight excluding hydrogens is 1260 g/mol. The first kappa shape index (κ1) is 77.7. The molecule has 22 heterocycles. The lowest BCUT2D eigenvalue weighted by molar-refractivity contribution is -0.404. The van der Waals surface area contributed by atoms with Crippen molar-refractivity contribution in [1.82, 2.24) is 0 Å². The van der Waals surface area contributed by atoms with Crippen molar-refractivity contribution < 1.29 is 174 Å². The van der Waals surface area contributed by atoms with Crippen LogP contribution in [0.5, 0.6) is 0 Å². The number of carboxylic acids is 1. The standard InChI is InChI=1S/C36H60O30.C22H36O5/c37-1-7-25-13(43)19(49)31(55-7)62-26-8(2-38)57-33(21(51)15(26)45)64-28-10(4-40)59-35(23(53)17(28)47)66-30-12(6-42)60-36(24(54)18(30)48)65-29-11(5-41)58-34(22(52)16(29)46)63-27-9(3-39)56-32(61-25)20(50)14(27)44;1-3-4-9-16(2)14-17(23)12-13-19-18(20(24)15-21(19)25)10-7-5-6-8-11-22(26)27/h7-54H,1-6H2;8,11-13,16-19,21,23,25H,3-7,9-10,14-15H2,1-2H3,(H,26,27)/b;11-8+,13-12+/t7-,8-,9-,10-,11-,12-,13-,14-,15-,16-,17-,18-,19-,20-,21-,22-,23-,24-,25-,26-,27-,28-,29-,30?,31-,32-,33-,34-,35-,36-;16-,17+,18+,19+,21+/m10/s1. The molecule has 0 amide bonds. The lowest BCUT2D eigenvalue weighted by atomic mass is 9.88. The largest absolute Gasteiger partial charge is 0.478 e. The number of ketones is 1. The predicted molar refractivity (Wildman–Crippen MR) is 302 cm³/mol. The van der Waals surface area contributed by atoms with E-state index in [1.807, 2.05) is 6.08 Å². The third-order valence-electron chi connectivity index (χ3n) is 18.1. The van der Waals surface area contributed by atoms with Gasteiger partial charge in [0.15, 0.2) is 37.7 Å². The van der Waals surface area contributed by atoms with Crippen LogP contribution in [0.3, 0.4) is 0 Å². The van der Waals surface area contributed by atoms with E-state index in [-0.39, 0.29) is 24.0 Å². The predicted octanol–water partition coefficient (Wildman–Crippen LogP) is -9.17. The van der Waals surface area contributed by atoms with Gasteiger partial charge in [-0.1, -0.05) is 57.8 Å². The van der Waals surface area contributed by atoms with E-state index < -0.39 is 242 Å². The molecule has 0 aromatic heterocycles. The van der Waals surface area contributed by atoms with Gasteiger partial charge in [0.05, 0.1) is 51.8 Å². The first-order valence-electron chi connectivity index (χ1n) is 31.4. The van der Waals surface area contributed by atoms with E-state index in [0.717, 1.165) is 38.2 Å². The van der Waals surface area contributed by atoms with Crippen LogP contribution >= 0.6 is 0 Å². The van der Waals surface area contributed by atoms with Crippen LogP contribution in [0.15, 0.2) is 24.3 Å². The lowest BCUT2D eigenvalue weighted by Crippen LogP contribution is -2.69. The summed E-state index contributed by atoms with van der Waals surface area (Å²) < 4.78 is 67.9. The summed E-state index contributed by atoms with van der Waals surface area (Å²) >= 11 is 0. The molecule has 23 rings (SSSR count). The highest BCUT2D eigenvalue weighted by Gasteiger charge is 2.59. The number of carbonyl (C=O) groups is 2. The Morgan fingerprint density at radius 3 is 1.03 bits per heavy atom. The van der Waals surface area contributed by atoms with Crippen LogP contribution in [-0.2, 0) is 66.4 Å². The van der Waals surface area contributed by atoms with E-state index in [1.165, 1.54) is 0 Å². The van der Waals surface area contributed by atoms with Gasteiger partial charge in [0, 0.05) is 24.3 Å². The Balaban J connectivity index is 0.000000381. The molecule has 21 N–H and O–H groups in total. The normalized spacial score (nSPS) is 46.7. The average molecular weight is 1350 g/mol. The summed E-state index contributed by atoms with van der Waals surface area (Å²) in [5.74, 6) is -0.840. The second-order valence-corrected chi connectivity index (χ2v) is 24.7. The van der Waals surface area contributed by atoms with Gasteiger partial charge in [-0.3, -0.25) is 4.79 Å². The molecule has 22 saturated heterocycles. The fraction of sp³-hybridized carbons (Fsp3) is 0.897. The molecule has 35 heteroatoms. The highest BCUT2D eigenvalue weighted by molar-refractivity contribution is 5.84. The summed E-state index contributed by atoms with van der Waals surface area (Å²) in [6.45, 7) is -1.70. The highest BCUT2D eigenvalue weighted by atomic mass is 16.8. The molecule has 1 aliphatic carbocycles. The van der Waals surface area contributed by atoms with Gasteiger partial charge in [0.1, 0.15) is 152 Å². The van der Waals surface area contributed by atoms with E-state index in [4.69, 9.17) is 61.9 Å². The smallest absolute Gasteiger partial charge is 0.327 e. The topological polar surface area (TPSA) is 570 Å². The van der Waals surface area contributed by atoms with E-state index in [2.05, 4.69) is 13.8 Å². The van der Waals surface area contributed by atoms with Gasteiger partial charge in [0.25, 0.3) is 0 Å². The Bertz CT molecular complexity index is 2020. The van der Waals surface area contributed by atoms with Crippen LogP contribution in [0.25, 0.3) is 0 Å². The molecular formula is C58H96O35. The van der Waals surface area contributed by atoms with Crippen molar-refractivity contribution in [3.63, 3.8) is 0 Å². The number of allylic oxidation sites excluding steroid dienone is 1. The second kappa shape index (κ2) is 35.9. The zero-order valence-corrected chi connectivity index (χ0v) is 51.2. The van der Waals surface area contributed by atoms with Gasteiger partial charge in [-0.2, -0.15) is 0 Å².